The zero-order chi connectivity index (χ0) is 26.3. The van der Waals surface area contributed by atoms with Gasteiger partial charge in [-0.1, -0.05) is 0 Å². The predicted octanol–water partition coefficient (Wildman–Crippen LogP) is 4.89. The molecule has 1 aromatic carbocycles. The quantitative estimate of drug-likeness (QED) is 0.599. The highest BCUT2D eigenvalue weighted by atomic mass is 19.4. The van der Waals surface area contributed by atoms with Crippen molar-refractivity contribution in [3.05, 3.63) is 59.2 Å². The molecular formula is C21H19F7N4O3. The summed E-state index contributed by atoms with van der Waals surface area (Å²) in [7, 11) is 2.24. The Bertz CT molecular complexity index is 1070. The van der Waals surface area contributed by atoms with Crippen LogP contribution in [-0.4, -0.2) is 65.2 Å². The summed E-state index contributed by atoms with van der Waals surface area (Å²) in [5.74, 6) is -1.37. The summed E-state index contributed by atoms with van der Waals surface area (Å²) in [5, 5.41) is 9.38. The van der Waals surface area contributed by atoms with E-state index in [2.05, 4.69) is 4.98 Å². The number of pyridine rings is 1. The van der Waals surface area contributed by atoms with E-state index in [1.54, 1.807) is 0 Å². The number of halogens is 7. The molecule has 1 N–H and O–H groups in total. The number of anilines is 1. The fraction of sp³-hybridized carbons (Fsp3) is 0.381. The summed E-state index contributed by atoms with van der Waals surface area (Å²) in [6.07, 6.45) is -10.6. The van der Waals surface area contributed by atoms with Gasteiger partial charge in [-0.15, -0.1) is 0 Å². The number of urea groups is 1. The van der Waals surface area contributed by atoms with Gasteiger partial charge in [0.25, 0.3) is 0 Å². The summed E-state index contributed by atoms with van der Waals surface area (Å²) in [6.45, 7) is -0.312. The molecule has 1 fully saturated rings. The lowest BCUT2D eigenvalue weighted by atomic mass is 9.98. The number of carbonyl (C=O) groups excluding carboxylic acids is 1. The van der Waals surface area contributed by atoms with E-state index in [9.17, 15) is 45.4 Å². The first-order valence-corrected chi connectivity index (χ1v) is 9.99. The third-order valence-corrected chi connectivity index (χ3v) is 5.74. The lowest BCUT2D eigenvalue weighted by Crippen LogP contribution is -2.47. The van der Waals surface area contributed by atoms with Crippen LogP contribution in [0.5, 0.6) is 0 Å². The molecule has 1 aromatic heterocycles. The molecule has 1 aliphatic rings. The van der Waals surface area contributed by atoms with Crippen LogP contribution >= 0.6 is 0 Å². The average molecular weight is 508 g/mol. The fourth-order valence-corrected chi connectivity index (χ4v) is 3.85. The van der Waals surface area contributed by atoms with Crippen molar-refractivity contribution in [3.8, 4) is 0 Å². The molecular weight excluding hydrogens is 489 g/mol. The molecule has 2 aromatic rings. The molecule has 0 unspecified atom stereocenters. The van der Waals surface area contributed by atoms with Gasteiger partial charge in [-0.05, 0) is 30.3 Å². The van der Waals surface area contributed by atoms with Crippen molar-refractivity contribution in [1.29, 1.82) is 0 Å². The first kappa shape index (κ1) is 26.0. The van der Waals surface area contributed by atoms with Crippen LogP contribution in [-0.2, 0) is 12.4 Å². The van der Waals surface area contributed by atoms with Crippen LogP contribution in [0.3, 0.4) is 0 Å². The first-order chi connectivity index (χ1) is 16.1. The summed E-state index contributed by atoms with van der Waals surface area (Å²) in [4.78, 5) is 31.2. The Morgan fingerprint density at radius 2 is 1.57 bits per heavy atom. The van der Waals surface area contributed by atoms with Crippen LogP contribution in [0.15, 0.2) is 36.5 Å². The summed E-state index contributed by atoms with van der Waals surface area (Å²) in [5.41, 5.74) is -3.57. The molecule has 1 aliphatic heterocycles. The van der Waals surface area contributed by atoms with Crippen LogP contribution in [0.25, 0.3) is 0 Å². The molecule has 2 atom stereocenters. The highest BCUT2D eigenvalue weighted by Crippen LogP contribution is 2.39. The number of amides is 3. The fourth-order valence-electron chi connectivity index (χ4n) is 3.85. The summed E-state index contributed by atoms with van der Waals surface area (Å²) in [6, 6.07) is 1.31. The largest absolute Gasteiger partial charge is 0.465 e. The smallest absolute Gasteiger partial charge is 0.416 e. The molecule has 0 saturated carbocycles. The molecule has 0 bridgehead atoms. The number of likely N-dealkylation sites (N-methyl/N-ethyl adjacent to an activating group) is 1. The number of carboxylic acid groups (broad SMARTS) is 1. The summed E-state index contributed by atoms with van der Waals surface area (Å²) >= 11 is 0. The zero-order valence-corrected chi connectivity index (χ0v) is 18.2. The second kappa shape index (κ2) is 9.23. The van der Waals surface area contributed by atoms with E-state index in [0.29, 0.717) is 17.0 Å². The van der Waals surface area contributed by atoms with Gasteiger partial charge >= 0.3 is 24.5 Å². The Morgan fingerprint density at radius 3 is 2.03 bits per heavy atom. The molecule has 1 saturated heterocycles. The number of rotatable bonds is 3. The van der Waals surface area contributed by atoms with Crippen LogP contribution in [0, 0.1) is 5.82 Å². The van der Waals surface area contributed by atoms with E-state index in [1.807, 2.05) is 0 Å². The molecule has 3 amide bonds. The maximum absolute atomic E-state index is 13.3. The van der Waals surface area contributed by atoms with Crippen molar-refractivity contribution < 1.29 is 45.4 Å². The molecule has 0 spiro atoms. The van der Waals surface area contributed by atoms with Crippen LogP contribution in [0.1, 0.15) is 22.7 Å². The van der Waals surface area contributed by atoms with Gasteiger partial charge in [-0.25, -0.2) is 14.0 Å². The van der Waals surface area contributed by atoms with Crippen LogP contribution in [0.2, 0.25) is 0 Å². The molecule has 0 radical (unpaired) electrons. The standard InChI is InChI=1S/C21H19F7N4O3/c1-30(14-6-11(20(23,24)25)5-12(7-14)21(26,27)28)18(33)31(2)17-10-32(19(34)35)9-15(17)16-4-3-13(22)8-29-16/h3-8,15,17H,9-10H2,1-2H3,(H,34,35)/t15-,17+/m0/s1. The van der Waals surface area contributed by atoms with Gasteiger partial charge in [-0.3, -0.25) is 9.88 Å². The lowest BCUT2D eigenvalue weighted by Gasteiger charge is -2.32. The van der Waals surface area contributed by atoms with Gasteiger partial charge in [-0.2, -0.15) is 26.3 Å². The second-order valence-corrected chi connectivity index (χ2v) is 7.98. The number of benzene rings is 1. The molecule has 2 heterocycles. The minimum atomic E-state index is -5.10. The predicted molar refractivity (Wildman–Crippen MR) is 108 cm³/mol. The van der Waals surface area contributed by atoms with E-state index < -0.39 is 59.1 Å². The number of aromatic nitrogens is 1. The molecule has 7 nitrogen and oxygen atoms in total. The Labute approximate surface area is 194 Å². The van der Waals surface area contributed by atoms with Crippen molar-refractivity contribution in [3.63, 3.8) is 0 Å². The minimum absolute atomic E-state index is 0.0521. The minimum Gasteiger partial charge on any atom is -0.465 e. The number of hydrogen-bond acceptors (Lipinski definition) is 3. The van der Waals surface area contributed by atoms with E-state index >= 15 is 0 Å². The van der Waals surface area contributed by atoms with Crippen molar-refractivity contribution in [2.45, 2.75) is 24.3 Å². The van der Waals surface area contributed by atoms with E-state index in [1.165, 1.54) is 13.1 Å². The van der Waals surface area contributed by atoms with Gasteiger partial charge < -0.3 is 14.9 Å². The zero-order valence-electron chi connectivity index (χ0n) is 18.2. The topological polar surface area (TPSA) is 77.0 Å². The van der Waals surface area contributed by atoms with Crippen molar-refractivity contribution >= 4 is 17.8 Å². The summed E-state index contributed by atoms with van der Waals surface area (Å²) < 4.78 is 92.6. The van der Waals surface area contributed by atoms with Crippen molar-refractivity contribution in [2.24, 2.45) is 0 Å². The third kappa shape index (κ3) is 5.57. The third-order valence-electron chi connectivity index (χ3n) is 5.74. The SMILES string of the molecule is CN(C(=O)N(C)[C@@H]1CN(C(=O)O)C[C@H]1c1ccc(F)cn1)c1cc(C(F)(F)F)cc(C(F)(F)F)c1. The van der Waals surface area contributed by atoms with Gasteiger partial charge in [0.15, 0.2) is 0 Å². The normalized spacial score (nSPS) is 18.5. The number of carbonyl (C=O) groups is 2. The molecule has 14 heteroatoms. The number of alkyl halides is 6. The van der Waals surface area contributed by atoms with Crippen LogP contribution < -0.4 is 4.90 Å². The Morgan fingerprint density at radius 1 is 1.00 bits per heavy atom. The molecule has 190 valence electrons. The monoisotopic (exact) mass is 508 g/mol. The highest BCUT2D eigenvalue weighted by molar-refractivity contribution is 5.92. The van der Waals surface area contributed by atoms with Gasteiger partial charge in [0.05, 0.1) is 23.4 Å². The number of hydrogen-bond donors (Lipinski definition) is 1. The number of likely N-dealkylation sites (tertiary alicyclic amines) is 1. The first-order valence-electron chi connectivity index (χ1n) is 9.99. The van der Waals surface area contributed by atoms with E-state index in [-0.39, 0.29) is 24.8 Å². The van der Waals surface area contributed by atoms with Crippen LogP contribution in [0.4, 0.5) is 46.0 Å². The second-order valence-electron chi connectivity index (χ2n) is 7.98. The molecule has 0 aliphatic carbocycles. The maximum atomic E-state index is 13.3. The van der Waals surface area contributed by atoms with Gasteiger partial charge in [0, 0.05) is 44.5 Å². The van der Waals surface area contributed by atoms with E-state index in [0.717, 1.165) is 29.1 Å². The Balaban J connectivity index is 1.95. The number of nitrogens with zero attached hydrogens (tertiary/aromatic N) is 4. The van der Waals surface area contributed by atoms with E-state index in [4.69, 9.17) is 0 Å². The average Bonchev–Trinajstić information content (AvgIpc) is 3.22. The Kier molecular flexibility index (Phi) is 6.86. The van der Waals surface area contributed by atoms with Gasteiger partial charge in [0.1, 0.15) is 5.82 Å². The molecule has 35 heavy (non-hydrogen) atoms. The lowest BCUT2D eigenvalue weighted by molar-refractivity contribution is -0.143. The van der Waals surface area contributed by atoms with Gasteiger partial charge in [0.2, 0.25) is 0 Å². The van der Waals surface area contributed by atoms with Crippen molar-refractivity contribution in [2.75, 3.05) is 32.1 Å². The van der Waals surface area contributed by atoms with Crippen molar-refractivity contribution in [1.82, 2.24) is 14.8 Å². The Hall–Kier alpha value is -3.58. The maximum Gasteiger partial charge on any atom is 0.416 e. The highest BCUT2D eigenvalue weighted by Gasteiger charge is 2.42. The molecule has 3 rings (SSSR count).